The molecule has 1 saturated heterocycles. The summed E-state index contributed by atoms with van der Waals surface area (Å²) in [5.41, 5.74) is 6.26. The molecular formula is C17H25ClF3N3O. The van der Waals surface area contributed by atoms with Gasteiger partial charge in [-0.15, -0.1) is 12.4 Å². The van der Waals surface area contributed by atoms with Gasteiger partial charge in [-0.25, -0.2) is 0 Å². The second-order valence-corrected chi connectivity index (χ2v) is 6.29. The van der Waals surface area contributed by atoms with E-state index in [0.29, 0.717) is 31.7 Å². The lowest BCUT2D eigenvalue weighted by molar-refractivity contribution is -0.137. The largest absolute Gasteiger partial charge is 0.416 e. The fourth-order valence-electron chi connectivity index (χ4n) is 3.04. The molecule has 1 heterocycles. The number of nitrogens with one attached hydrogen (secondary N) is 1. The molecule has 1 fully saturated rings. The molecule has 142 valence electrons. The van der Waals surface area contributed by atoms with Gasteiger partial charge in [-0.2, -0.15) is 13.2 Å². The lowest BCUT2D eigenvalue weighted by Crippen LogP contribution is -2.43. The second-order valence-electron chi connectivity index (χ2n) is 6.29. The third-order valence-electron chi connectivity index (χ3n) is 4.38. The van der Waals surface area contributed by atoms with Crippen LogP contribution < -0.4 is 11.1 Å². The number of aryl methyl sites for hydroxylation is 1. The van der Waals surface area contributed by atoms with Crippen LogP contribution in [-0.4, -0.2) is 37.0 Å². The molecule has 3 N–H and O–H groups in total. The third-order valence-corrected chi connectivity index (χ3v) is 4.38. The Morgan fingerprint density at radius 1 is 1.40 bits per heavy atom. The van der Waals surface area contributed by atoms with Crippen molar-refractivity contribution in [1.29, 1.82) is 0 Å². The number of nitrogens with zero attached hydrogens (tertiary/aromatic N) is 1. The van der Waals surface area contributed by atoms with E-state index in [1.54, 1.807) is 6.92 Å². The lowest BCUT2D eigenvalue weighted by atomic mass is 9.96. The highest BCUT2D eigenvalue weighted by Crippen LogP contribution is 2.31. The molecule has 0 aliphatic carbocycles. The number of carbonyl (C=O) groups is 1. The zero-order valence-electron chi connectivity index (χ0n) is 14.2. The second kappa shape index (κ2) is 9.40. The van der Waals surface area contributed by atoms with Gasteiger partial charge < -0.3 is 11.1 Å². The Labute approximate surface area is 152 Å². The fourth-order valence-corrected chi connectivity index (χ4v) is 3.04. The monoisotopic (exact) mass is 379 g/mol. The Balaban J connectivity index is 0.00000312. The molecule has 1 aromatic carbocycles. The SMILES string of the molecule is Cc1cc(C(F)(F)F)ccc1CN1CCCC(C(=O)NCCN)C1.Cl. The first-order valence-electron chi connectivity index (χ1n) is 8.18. The first-order valence-corrected chi connectivity index (χ1v) is 8.18. The van der Waals surface area contributed by atoms with Crippen molar-refractivity contribution in [3.8, 4) is 0 Å². The maximum Gasteiger partial charge on any atom is 0.416 e. The summed E-state index contributed by atoms with van der Waals surface area (Å²) < 4.78 is 38.2. The molecule has 1 amide bonds. The van der Waals surface area contributed by atoms with Crippen molar-refractivity contribution in [2.45, 2.75) is 32.5 Å². The molecule has 8 heteroatoms. The zero-order chi connectivity index (χ0) is 17.7. The Morgan fingerprint density at radius 3 is 2.72 bits per heavy atom. The molecular weight excluding hydrogens is 355 g/mol. The average Bonchev–Trinajstić information content (AvgIpc) is 2.53. The van der Waals surface area contributed by atoms with Gasteiger partial charge in [-0.05, 0) is 49.6 Å². The lowest BCUT2D eigenvalue weighted by Gasteiger charge is -2.32. The number of hydrogen-bond acceptors (Lipinski definition) is 3. The van der Waals surface area contributed by atoms with E-state index in [2.05, 4.69) is 10.2 Å². The van der Waals surface area contributed by atoms with Crippen molar-refractivity contribution >= 4 is 18.3 Å². The summed E-state index contributed by atoms with van der Waals surface area (Å²) in [6, 6.07) is 3.85. The topological polar surface area (TPSA) is 58.4 Å². The van der Waals surface area contributed by atoms with E-state index in [1.165, 1.54) is 12.1 Å². The maximum absolute atomic E-state index is 12.7. The highest BCUT2D eigenvalue weighted by atomic mass is 35.5. The number of amides is 1. The van der Waals surface area contributed by atoms with Gasteiger partial charge in [0.2, 0.25) is 5.91 Å². The van der Waals surface area contributed by atoms with Crippen molar-refractivity contribution < 1.29 is 18.0 Å². The van der Waals surface area contributed by atoms with Crippen LogP contribution in [0.4, 0.5) is 13.2 Å². The Hall–Kier alpha value is -1.31. The van der Waals surface area contributed by atoms with Gasteiger partial charge in [0.25, 0.3) is 0 Å². The van der Waals surface area contributed by atoms with E-state index >= 15 is 0 Å². The van der Waals surface area contributed by atoms with Crippen molar-refractivity contribution in [3.05, 3.63) is 34.9 Å². The molecule has 0 saturated carbocycles. The van der Waals surface area contributed by atoms with Crippen molar-refractivity contribution in [3.63, 3.8) is 0 Å². The van der Waals surface area contributed by atoms with Crippen LogP contribution in [0.25, 0.3) is 0 Å². The van der Waals surface area contributed by atoms with Crippen LogP contribution in [0.15, 0.2) is 18.2 Å². The van der Waals surface area contributed by atoms with E-state index in [-0.39, 0.29) is 24.2 Å². The summed E-state index contributed by atoms with van der Waals surface area (Å²) in [5.74, 6) is -0.0747. The van der Waals surface area contributed by atoms with Crippen molar-refractivity contribution in [2.24, 2.45) is 11.7 Å². The van der Waals surface area contributed by atoms with Crippen LogP contribution in [0.3, 0.4) is 0 Å². The summed E-state index contributed by atoms with van der Waals surface area (Å²) in [7, 11) is 0. The van der Waals surface area contributed by atoms with Gasteiger partial charge in [0, 0.05) is 26.2 Å². The van der Waals surface area contributed by atoms with Crippen LogP contribution >= 0.6 is 12.4 Å². The molecule has 4 nitrogen and oxygen atoms in total. The van der Waals surface area contributed by atoms with E-state index in [9.17, 15) is 18.0 Å². The summed E-state index contributed by atoms with van der Waals surface area (Å²) in [6.07, 6.45) is -2.58. The Kier molecular flexibility index (Phi) is 8.18. The van der Waals surface area contributed by atoms with Crippen LogP contribution in [0.2, 0.25) is 0 Å². The molecule has 1 aliphatic rings. The number of benzene rings is 1. The third kappa shape index (κ3) is 6.17. The quantitative estimate of drug-likeness (QED) is 0.827. The number of hydrogen-bond donors (Lipinski definition) is 2. The minimum atomic E-state index is -4.32. The van der Waals surface area contributed by atoms with Crippen molar-refractivity contribution in [2.75, 3.05) is 26.2 Å². The molecule has 0 radical (unpaired) electrons. The van der Waals surface area contributed by atoms with Crippen molar-refractivity contribution in [1.82, 2.24) is 10.2 Å². The number of nitrogens with two attached hydrogens (primary N) is 1. The van der Waals surface area contributed by atoms with Crippen LogP contribution in [0.1, 0.15) is 29.5 Å². The number of rotatable bonds is 5. The first kappa shape index (κ1) is 21.7. The minimum absolute atomic E-state index is 0. The summed E-state index contributed by atoms with van der Waals surface area (Å²) in [4.78, 5) is 14.2. The highest BCUT2D eigenvalue weighted by Gasteiger charge is 2.31. The number of alkyl halides is 3. The molecule has 25 heavy (non-hydrogen) atoms. The number of piperidine rings is 1. The predicted octanol–water partition coefficient (Wildman–Crippen LogP) is 2.72. The standard InChI is InChI=1S/C17H24F3N3O.ClH/c1-12-9-15(17(18,19)20)5-4-13(12)10-23-8-2-3-14(11-23)16(24)22-7-6-21;/h4-5,9,14H,2-3,6-8,10-11,21H2,1H3,(H,22,24);1H. The van der Waals surface area contributed by atoms with Gasteiger partial charge in [-0.3, -0.25) is 9.69 Å². The van der Waals surface area contributed by atoms with Crippen LogP contribution in [-0.2, 0) is 17.5 Å². The van der Waals surface area contributed by atoms with E-state index < -0.39 is 11.7 Å². The molecule has 1 aromatic rings. The number of halogens is 4. The van der Waals surface area contributed by atoms with Gasteiger partial charge >= 0.3 is 6.18 Å². The minimum Gasteiger partial charge on any atom is -0.355 e. The Morgan fingerprint density at radius 2 is 2.12 bits per heavy atom. The molecule has 1 aliphatic heterocycles. The predicted molar refractivity (Wildman–Crippen MR) is 93.5 cm³/mol. The van der Waals surface area contributed by atoms with E-state index in [1.807, 2.05) is 0 Å². The first-order chi connectivity index (χ1) is 11.3. The summed E-state index contributed by atoms with van der Waals surface area (Å²) >= 11 is 0. The summed E-state index contributed by atoms with van der Waals surface area (Å²) in [6.45, 7) is 4.60. The Bertz CT molecular complexity index is 581. The summed E-state index contributed by atoms with van der Waals surface area (Å²) in [5, 5.41) is 2.81. The average molecular weight is 380 g/mol. The number of carbonyl (C=O) groups excluding carboxylic acids is 1. The maximum atomic E-state index is 12.7. The molecule has 0 spiro atoms. The fraction of sp³-hybridized carbons (Fsp3) is 0.588. The normalized spacial score (nSPS) is 18.5. The van der Waals surface area contributed by atoms with Gasteiger partial charge in [0.15, 0.2) is 0 Å². The van der Waals surface area contributed by atoms with Gasteiger partial charge in [-0.1, -0.05) is 6.07 Å². The number of likely N-dealkylation sites (tertiary alicyclic amines) is 1. The van der Waals surface area contributed by atoms with Gasteiger partial charge in [0.1, 0.15) is 0 Å². The molecule has 0 aromatic heterocycles. The van der Waals surface area contributed by atoms with Crippen LogP contribution in [0, 0.1) is 12.8 Å². The van der Waals surface area contributed by atoms with E-state index in [0.717, 1.165) is 31.0 Å². The molecule has 1 unspecified atom stereocenters. The van der Waals surface area contributed by atoms with Gasteiger partial charge in [0.05, 0.1) is 11.5 Å². The molecule has 0 bridgehead atoms. The molecule has 2 rings (SSSR count). The van der Waals surface area contributed by atoms with E-state index in [4.69, 9.17) is 5.73 Å². The van der Waals surface area contributed by atoms with Crippen LogP contribution in [0.5, 0.6) is 0 Å². The highest BCUT2D eigenvalue weighted by molar-refractivity contribution is 5.85. The molecule has 1 atom stereocenters. The smallest absolute Gasteiger partial charge is 0.355 e. The zero-order valence-corrected chi connectivity index (χ0v) is 15.1.